The molecule has 1 aliphatic carbocycles. The van der Waals surface area contributed by atoms with Gasteiger partial charge in [0.15, 0.2) is 0 Å². The van der Waals surface area contributed by atoms with Gasteiger partial charge < -0.3 is 20.1 Å². The first kappa shape index (κ1) is 13.5. The second kappa shape index (κ2) is 5.77. The number of hydrogen-bond acceptors (Lipinski definition) is 6. The maximum absolute atomic E-state index is 9.77. The van der Waals surface area contributed by atoms with E-state index in [-0.39, 0.29) is 5.89 Å². The summed E-state index contributed by atoms with van der Waals surface area (Å²) < 4.78 is 10.7. The van der Waals surface area contributed by atoms with E-state index in [1.54, 1.807) is 7.11 Å². The Labute approximate surface area is 107 Å². The van der Waals surface area contributed by atoms with Crippen LogP contribution in [0.15, 0.2) is 4.52 Å². The number of nitrogens with two attached hydrogens (primary N) is 1. The summed E-state index contributed by atoms with van der Waals surface area (Å²) in [6.45, 7) is 0.383. The Morgan fingerprint density at radius 1 is 1.44 bits per heavy atom. The van der Waals surface area contributed by atoms with Gasteiger partial charge in [-0.05, 0) is 25.8 Å². The van der Waals surface area contributed by atoms with Crippen LogP contribution < -0.4 is 5.73 Å². The predicted molar refractivity (Wildman–Crippen MR) is 64.7 cm³/mol. The topological polar surface area (TPSA) is 94.4 Å². The highest BCUT2D eigenvalue weighted by Gasteiger charge is 2.38. The molecule has 2 rings (SSSR count). The lowest BCUT2D eigenvalue weighted by molar-refractivity contribution is -0.0527. The molecule has 1 aromatic heterocycles. The summed E-state index contributed by atoms with van der Waals surface area (Å²) in [7, 11) is 1.68. The molecule has 0 bridgehead atoms. The van der Waals surface area contributed by atoms with Crippen molar-refractivity contribution < 1.29 is 14.4 Å². The van der Waals surface area contributed by atoms with Crippen molar-refractivity contribution in [3.63, 3.8) is 0 Å². The summed E-state index contributed by atoms with van der Waals surface area (Å²) in [5.74, 6) is 0.785. The smallest absolute Gasteiger partial charge is 0.255 e. The molecular weight excluding hydrogens is 234 g/mol. The number of aliphatic hydroxyl groups excluding tert-OH is 1. The normalized spacial score (nSPS) is 20.8. The third-order valence-electron chi connectivity index (χ3n) is 3.63. The second-order valence-corrected chi connectivity index (χ2v) is 4.81. The average molecular weight is 255 g/mol. The van der Waals surface area contributed by atoms with Gasteiger partial charge in [0, 0.05) is 7.11 Å². The molecule has 1 fully saturated rings. The van der Waals surface area contributed by atoms with Crippen LogP contribution in [0.2, 0.25) is 0 Å². The summed E-state index contributed by atoms with van der Waals surface area (Å²) in [5, 5.41) is 13.7. The molecule has 1 aromatic rings. The average Bonchev–Trinajstić information content (AvgIpc) is 2.90. The van der Waals surface area contributed by atoms with Gasteiger partial charge in [-0.25, -0.2) is 0 Å². The monoisotopic (exact) mass is 255 g/mol. The van der Waals surface area contributed by atoms with Crippen LogP contribution in [-0.4, -0.2) is 28.9 Å². The number of ether oxygens (including phenoxy) is 1. The lowest BCUT2D eigenvalue weighted by atomic mass is 9.84. The van der Waals surface area contributed by atoms with Crippen LogP contribution >= 0.6 is 0 Å². The van der Waals surface area contributed by atoms with E-state index >= 15 is 0 Å². The molecular formula is C12H21N3O3. The molecule has 0 radical (unpaired) electrons. The maximum atomic E-state index is 9.77. The third-order valence-corrected chi connectivity index (χ3v) is 3.63. The highest BCUT2D eigenvalue weighted by molar-refractivity contribution is 5.04. The minimum atomic E-state index is -0.784. The van der Waals surface area contributed by atoms with E-state index in [9.17, 15) is 5.11 Å². The van der Waals surface area contributed by atoms with Crippen molar-refractivity contribution in [2.24, 2.45) is 5.73 Å². The molecule has 6 heteroatoms. The van der Waals surface area contributed by atoms with Gasteiger partial charge in [0.1, 0.15) is 11.7 Å². The number of methoxy groups -OCH3 is 1. The molecule has 0 aromatic carbocycles. The molecule has 3 N–H and O–H groups in total. The van der Waals surface area contributed by atoms with Crippen molar-refractivity contribution in [3.05, 3.63) is 11.7 Å². The van der Waals surface area contributed by atoms with Gasteiger partial charge in [0.2, 0.25) is 5.82 Å². The Bertz CT molecular complexity index is 374. The van der Waals surface area contributed by atoms with E-state index in [1.807, 2.05) is 0 Å². The van der Waals surface area contributed by atoms with Crippen LogP contribution in [0.1, 0.15) is 56.3 Å². The standard InChI is InChI=1S/C12H21N3O3/c1-17-12(6-3-2-4-7-12)11-14-10(18-15-11)9(16)5-8-13/h9,16H,2-8,13H2,1H3. The first-order valence-electron chi connectivity index (χ1n) is 6.49. The van der Waals surface area contributed by atoms with Gasteiger partial charge in [0.25, 0.3) is 5.89 Å². The molecule has 1 saturated carbocycles. The summed E-state index contributed by atoms with van der Waals surface area (Å²) >= 11 is 0. The zero-order chi connectivity index (χ0) is 13.0. The predicted octanol–water partition coefficient (Wildman–Crippen LogP) is 1.26. The zero-order valence-corrected chi connectivity index (χ0v) is 10.8. The SMILES string of the molecule is COC1(c2noc(C(O)CCN)n2)CCCCC1. The first-order chi connectivity index (χ1) is 8.72. The number of nitrogens with zero attached hydrogens (tertiary/aromatic N) is 2. The minimum absolute atomic E-state index is 0.234. The van der Waals surface area contributed by atoms with E-state index in [4.69, 9.17) is 15.0 Å². The highest BCUT2D eigenvalue weighted by atomic mass is 16.5. The quantitative estimate of drug-likeness (QED) is 0.822. The summed E-state index contributed by atoms with van der Waals surface area (Å²) in [6, 6.07) is 0. The van der Waals surface area contributed by atoms with E-state index in [0.717, 1.165) is 25.7 Å². The van der Waals surface area contributed by atoms with Crippen LogP contribution in [0.4, 0.5) is 0 Å². The lowest BCUT2D eigenvalue weighted by Crippen LogP contribution is -2.32. The fraction of sp³-hybridized carbons (Fsp3) is 0.833. The number of aliphatic hydroxyl groups is 1. The Hall–Kier alpha value is -0.980. The highest BCUT2D eigenvalue weighted by Crippen LogP contribution is 2.38. The van der Waals surface area contributed by atoms with E-state index in [2.05, 4.69) is 10.1 Å². The fourth-order valence-corrected chi connectivity index (χ4v) is 2.48. The molecule has 1 heterocycles. The van der Waals surface area contributed by atoms with Crippen molar-refractivity contribution in [1.82, 2.24) is 10.1 Å². The number of aromatic nitrogens is 2. The van der Waals surface area contributed by atoms with Crippen LogP contribution in [0.3, 0.4) is 0 Å². The molecule has 0 aliphatic heterocycles. The Morgan fingerprint density at radius 2 is 2.17 bits per heavy atom. The van der Waals surface area contributed by atoms with Gasteiger partial charge >= 0.3 is 0 Å². The summed E-state index contributed by atoms with van der Waals surface area (Å²) in [6.07, 6.45) is 4.85. The number of rotatable bonds is 5. The van der Waals surface area contributed by atoms with Crippen molar-refractivity contribution >= 4 is 0 Å². The largest absolute Gasteiger partial charge is 0.383 e. The van der Waals surface area contributed by atoms with Gasteiger partial charge in [0.05, 0.1) is 0 Å². The molecule has 1 aliphatic rings. The zero-order valence-electron chi connectivity index (χ0n) is 10.8. The fourth-order valence-electron chi connectivity index (χ4n) is 2.48. The Morgan fingerprint density at radius 3 is 2.78 bits per heavy atom. The van der Waals surface area contributed by atoms with Crippen molar-refractivity contribution in [2.75, 3.05) is 13.7 Å². The molecule has 0 spiro atoms. The van der Waals surface area contributed by atoms with Crippen LogP contribution in [-0.2, 0) is 10.3 Å². The maximum Gasteiger partial charge on any atom is 0.255 e. The van der Waals surface area contributed by atoms with Gasteiger partial charge in [-0.2, -0.15) is 4.98 Å². The molecule has 1 atom stereocenters. The molecule has 18 heavy (non-hydrogen) atoms. The van der Waals surface area contributed by atoms with Crippen LogP contribution in [0.5, 0.6) is 0 Å². The van der Waals surface area contributed by atoms with Crippen molar-refractivity contribution in [3.8, 4) is 0 Å². The Kier molecular flexibility index (Phi) is 4.31. The van der Waals surface area contributed by atoms with E-state index < -0.39 is 11.7 Å². The van der Waals surface area contributed by atoms with Crippen molar-refractivity contribution in [1.29, 1.82) is 0 Å². The molecule has 0 saturated heterocycles. The van der Waals surface area contributed by atoms with E-state index in [0.29, 0.717) is 18.8 Å². The summed E-state index contributed by atoms with van der Waals surface area (Å²) in [5.41, 5.74) is 4.95. The van der Waals surface area contributed by atoms with Crippen LogP contribution in [0.25, 0.3) is 0 Å². The van der Waals surface area contributed by atoms with Crippen LogP contribution in [0, 0.1) is 0 Å². The third kappa shape index (κ3) is 2.55. The van der Waals surface area contributed by atoms with E-state index in [1.165, 1.54) is 6.42 Å². The first-order valence-corrected chi connectivity index (χ1v) is 6.49. The van der Waals surface area contributed by atoms with Gasteiger partial charge in [-0.15, -0.1) is 0 Å². The second-order valence-electron chi connectivity index (χ2n) is 4.81. The molecule has 6 nitrogen and oxygen atoms in total. The minimum Gasteiger partial charge on any atom is -0.383 e. The number of hydrogen-bond donors (Lipinski definition) is 2. The molecule has 0 amide bonds. The lowest BCUT2D eigenvalue weighted by Gasteiger charge is -2.32. The van der Waals surface area contributed by atoms with Gasteiger partial charge in [-0.1, -0.05) is 24.4 Å². The summed E-state index contributed by atoms with van der Waals surface area (Å²) in [4.78, 5) is 4.29. The van der Waals surface area contributed by atoms with Crippen molar-refractivity contribution in [2.45, 2.75) is 50.2 Å². The molecule has 102 valence electrons. The molecule has 1 unspecified atom stereocenters. The van der Waals surface area contributed by atoms with Gasteiger partial charge in [-0.3, -0.25) is 0 Å². The Balaban J connectivity index is 2.16.